The molecule has 1 aliphatic rings. The van der Waals surface area contributed by atoms with Crippen LogP contribution in [0, 0.1) is 0 Å². The van der Waals surface area contributed by atoms with Gasteiger partial charge in [-0.15, -0.1) is 0 Å². The van der Waals surface area contributed by atoms with Crippen LogP contribution in [0.5, 0.6) is 0 Å². The molecule has 1 saturated carbocycles. The molecule has 12 N–H and O–H groups in total. The molecule has 0 aromatic carbocycles. The SMILES string of the molecule is [Cl-].[Cl-].[Cl-].[NH3+]C1C(O)C([NH3+])C(O)C([NH3+])C1O. The average molecular weight is 287 g/mol. The van der Waals surface area contributed by atoms with E-state index in [9.17, 15) is 15.3 Å². The Kier molecular flexibility index (Phi) is 10.9. The van der Waals surface area contributed by atoms with Gasteiger partial charge in [-0.3, -0.25) is 0 Å². The number of rotatable bonds is 0. The number of hydrogen-bond donors (Lipinski definition) is 6. The van der Waals surface area contributed by atoms with E-state index in [4.69, 9.17) is 0 Å². The van der Waals surface area contributed by atoms with Gasteiger partial charge in [-0.1, -0.05) is 0 Å². The first-order chi connectivity index (χ1) is 5.46. The summed E-state index contributed by atoms with van der Waals surface area (Å²) in [4.78, 5) is 0. The fourth-order valence-electron chi connectivity index (χ4n) is 1.56. The summed E-state index contributed by atoms with van der Waals surface area (Å²) in [6, 6.07) is -1.55. The lowest BCUT2D eigenvalue weighted by Gasteiger charge is -2.35. The van der Waals surface area contributed by atoms with Crippen LogP contribution in [0.2, 0.25) is 0 Å². The van der Waals surface area contributed by atoms with Crippen molar-refractivity contribution in [3.8, 4) is 0 Å². The zero-order valence-electron chi connectivity index (χ0n) is 8.06. The van der Waals surface area contributed by atoms with Crippen molar-refractivity contribution in [2.45, 2.75) is 36.4 Å². The Balaban J connectivity index is -0.000000480. The van der Waals surface area contributed by atoms with E-state index in [2.05, 4.69) is 17.2 Å². The second-order valence-corrected chi connectivity index (χ2v) is 3.46. The molecule has 6 nitrogen and oxygen atoms in total. The molecule has 0 bridgehead atoms. The van der Waals surface area contributed by atoms with Gasteiger partial charge in [-0.25, -0.2) is 0 Å². The van der Waals surface area contributed by atoms with Crippen molar-refractivity contribution in [2.24, 2.45) is 0 Å². The number of hydrogen-bond acceptors (Lipinski definition) is 3. The van der Waals surface area contributed by atoms with Crippen LogP contribution >= 0.6 is 0 Å². The Morgan fingerprint density at radius 3 is 0.800 bits per heavy atom. The summed E-state index contributed by atoms with van der Waals surface area (Å²) in [5.41, 5.74) is 10.8. The molecular formula is C6H18Cl3N3O3. The first-order valence-corrected chi connectivity index (χ1v) is 4.00. The van der Waals surface area contributed by atoms with E-state index >= 15 is 0 Å². The first kappa shape index (κ1) is 21.0. The molecule has 1 aliphatic carbocycles. The summed E-state index contributed by atoms with van der Waals surface area (Å²) in [6.45, 7) is 0. The molecule has 0 aromatic rings. The van der Waals surface area contributed by atoms with Crippen LogP contribution in [0.4, 0.5) is 0 Å². The molecule has 0 amide bonds. The number of aliphatic hydroxyl groups is 3. The van der Waals surface area contributed by atoms with E-state index in [-0.39, 0.29) is 37.2 Å². The van der Waals surface area contributed by atoms with Gasteiger partial charge in [0.1, 0.15) is 18.1 Å². The fourth-order valence-corrected chi connectivity index (χ4v) is 1.56. The monoisotopic (exact) mass is 285 g/mol. The third kappa shape index (κ3) is 3.85. The standard InChI is InChI=1S/C6H15N3O3.3ClH/c7-1-4(10)2(8)6(12)3(9)5(1)11;;;/h1-6,10-12H,7-9H2;3*1H. The van der Waals surface area contributed by atoms with E-state index < -0.39 is 36.4 Å². The Labute approximate surface area is 106 Å². The zero-order chi connectivity index (χ0) is 9.46. The van der Waals surface area contributed by atoms with E-state index in [1.54, 1.807) is 0 Å². The molecule has 0 radical (unpaired) electrons. The predicted molar refractivity (Wildman–Crippen MR) is 38.0 cm³/mol. The summed E-state index contributed by atoms with van der Waals surface area (Å²) in [5.74, 6) is 0. The van der Waals surface area contributed by atoms with Gasteiger partial charge >= 0.3 is 0 Å². The third-order valence-electron chi connectivity index (χ3n) is 2.63. The van der Waals surface area contributed by atoms with Crippen LogP contribution in [0.1, 0.15) is 0 Å². The van der Waals surface area contributed by atoms with Gasteiger partial charge in [0.25, 0.3) is 0 Å². The minimum absolute atomic E-state index is 0. The van der Waals surface area contributed by atoms with Gasteiger partial charge < -0.3 is 69.7 Å². The number of halogens is 3. The molecule has 0 saturated heterocycles. The maximum Gasteiger partial charge on any atom is 0.163 e. The highest BCUT2D eigenvalue weighted by molar-refractivity contribution is 4.96. The van der Waals surface area contributed by atoms with E-state index in [0.717, 1.165) is 0 Å². The van der Waals surface area contributed by atoms with Gasteiger partial charge in [-0.05, 0) is 0 Å². The smallest absolute Gasteiger partial charge is 0.163 e. The third-order valence-corrected chi connectivity index (χ3v) is 2.63. The van der Waals surface area contributed by atoms with Crippen molar-refractivity contribution in [3.63, 3.8) is 0 Å². The van der Waals surface area contributed by atoms with E-state index in [1.807, 2.05) is 0 Å². The molecule has 0 unspecified atom stereocenters. The van der Waals surface area contributed by atoms with Crippen molar-refractivity contribution in [3.05, 3.63) is 0 Å². The molecule has 0 aliphatic heterocycles. The summed E-state index contributed by atoms with van der Waals surface area (Å²) in [7, 11) is 0. The molecule has 1 rings (SSSR count). The highest BCUT2D eigenvalue weighted by Gasteiger charge is 2.51. The lowest BCUT2D eigenvalue weighted by molar-refractivity contribution is -0.569. The molecule has 0 atom stereocenters. The normalized spacial score (nSPS) is 44.4. The molecule has 15 heavy (non-hydrogen) atoms. The Hall–Kier alpha value is 0.630. The maximum absolute atomic E-state index is 9.43. The van der Waals surface area contributed by atoms with Crippen molar-refractivity contribution in [1.82, 2.24) is 0 Å². The van der Waals surface area contributed by atoms with Gasteiger partial charge in [0, 0.05) is 0 Å². The molecule has 0 aromatic heterocycles. The summed E-state index contributed by atoms with van der Waals surface area (Å²) >= 11 is 0. The summed E-state index contributed by atoms with van der Waals surface area (Å²) in [5, 5.41) is 28.3. The minimum atomic E-state index is -0.854. The first-order valence-electron chi connectivity index (χ1n) is 4.00. The molecule has 9 heteroatoms. The van der Waals surface area contributed by atoms with Crippen LogP contribution in [0.15, 0.2) is 0 Å². The number of aliphatic hydroxyl groups excluding tert-OH is 3. The molecular weight excluding hydrogens is 268 g/mol. The average Bonchev–Trinajstić information content (AvgIpc) is 2.08. The topological polar surface area (TPSA) is 144 Å². The van der Waals surface area contributed by atoms with Gasteiger partial charge in [-0.2, -0.15) is 0 Å². The molecule has 0 heterocycles. The highest BCUT2D eigenvalue weighted by atomic mass is 35.5. The van der Waals surface area contributed by atoms with Crippen molar-refractivity contribution < 1.29 is 69.7 Å². The lowest BCUT2D eigenvalue weighted by atomic mass is 9.81. The molecule has 1 fully saturated rings. The largest absolute Gasteiger partial charge is 1.00 e. The molecule has 96 valence electrons. The van der Waals surface area contributed by atoms with Crippen LogP contribution in [-0.2, 0) is 0 Å². The van der Waals surface area contributed by atoms with Gasteiger partial charge in [0.15, 0.2) is 18.3 Å². The van der Waals surface area contributed by atoms with Gasteiger partial charge in [0.05, 0.1) is 0 Å². The Morgan fingerprint density at radius 2 is 0.667 bits per heavy atom. The second kappa shape index (κ2) is 7.83. The van der Waals surface area contributed by atoms with Crippen LogP contribution in [0.25, 0.3) is 0 Å². The predicted octanol–water partition coefficient (Wildman–Crippen LogP) is -15.1. The van der Waals surface area contributed by atoms with Crippen molar-refractivity contribution in [1.29, 1.82) is 0 Å². The van der Waals surface area contributed by atoms with Gasteiger partial charge in [0.2, 0.25) is 0 Å². The van der Waals surface area contributed by atoms with E-state index in [1.165, 1.54) is 0 Å². The van der Waals surface area contributed by atoms with Crippen molar-refractivity contribution >= 4 is 0 Å². The quantitative estimate of drug-likeness (QED) is 0.263. The van der Waals surface area contributed by atoms with Crippen molar-refractivity contribution in [2.75, 3.05) is 0 Å². The lowest BCUT2D eigenvalue weighted by Crippen LogP contribution is -3.00. The fraction of sp³-hybridized carbons (Fsp3) is 1.00. The summed E-state index contributed by atoms with van der Waals surface area (Å²) in [6.07, 6.45) is -2.56. The second-order valence-electron chi connectivity index (χ2n) is 3.46. The van der Waals surface area contributed by atoms with Crippen LogP contribution in [0.3, 0.4) is 0 Å². The highest BCUT2D eigenvalue weighted by Crippen LogP contribution is 2.13. The minimum Gasteiger partial charge on any atom is -1.00 e. The summed E-state index contributed by atoms with van der Waals surface area (Å²) < 4.78 is 0. The number of quaternary nitrogens is 3. The van der Waals surface area contributed by atoms with E-state index in [0.29, 0.717) is 0 Å². The zero-order valence-corrected chi connectivity index (χ0v) is 10.3. The van der Waals surface area contributed by atoms with Crippen LogP contribution in [-0.4, -0.2) is 51.8 Å². The Morgan fingerprint density at radius 1 is 0.533 bits per heavy atom. The van der Waals surface area contributed by atoms with Crippen LogP contribution < -0.4 is 54.4 Å². The molecule has 0 spiro atoms. The maximum atomic E-state index is 9.43. The Bertz CT molecular complexity index is 120.